The number of amides is 1. The van der Waals surface area contributed by atoms with Crippen LogP contribution in [0.3, 0.4) is 0 Å². The number of rotatable bonds is 9. The van der Waals surface area contributed by atoms with Crippen LogP contribution in [0.2, 0.25) is 5.02 Å². The molecule has 1 amide bonds. The van der Waals surface area contributed by atoms with E-state index in [-0.39, 0.29) is 29.4 Å². The van der Waals surface area contributed by atoms with Gasteiger partial charge in [-0.1, -0.05) is 60.3 Å². The lowest BCUT2D eigenvalue weighted by Gasteiger charge is -2.29. The Labute approximate surface area is 213 Å². The summed E-state index contributed by atoms with van der Waals surface area (Å²) in [7, 11) is 1.55. The molecule has 2 N–H and O–H groups in total. The van der Waals surface area contributed by atoms with Crippen molar-refractivity contribution in [1.82, 2.24) is 5.32 Å². The number of ether oxygens (including phenoxy) is 2. The Hall–Kier alpha value is -3.67. The van der Waals surface area contributed by atoms with E-state index in [1.165, 1.54) is 6.08 Å². The Bertz CT molecular complexity index is 1250. The number of thioether (sulfide) groups is 1. The minimum absolute atomic E-state index is 0.0303. The maximum atomic E-state index is 12.9. The number of nitrogens with one attached hydrogen (secondary N) is 2. The van der Waals surface area contributed by atoms with Gasteiger partial charge in [-0.2, -0.15) is 5.26 Å². The number of allylic oxidation sites excluding steroid dienone is 2. The molecule has 0 saturated heterocycles. The number of carbonyl (C=O) groups is 2. The number of dihydropyridines is 1. The average molecular weight is 510 g/mol. The molecule has 1 heterocycles. The second-order valence-corrected chi connectivity index (χ2v) is 8.82. The fourth-order valence-electron chi connectivity index (χ4n) is 3.57. The van der Waals surface area contributed by atoms with E-state index >= 15 is 0 Å². The standard InChI is InChI=1S/C26H24ClN3O4S/c1-4-12-34-26(32)23-16(2)29-25(20(14-28)24(23)19-10-5-6-11-21(19)27)35-15-22(31)30-17-8-7-9-18(13-17)33-3/h4-11,13,24,29H,1,12,15H2,2-3H3,(H,30,31)/t24-/m0/s1. The van der Waals surface area contributed by atoms with E-state index in [0.29, 0.717) is 32.7 Å². The lowest BCUT2D eigenvalue weighted by molar-refractivity contribution is -0.138. The summed E-state index contributed by atoms with van der Waals surface area (Å²) < 4.78 is 10.5. The fourth-order valence-corrected chi connectivity index (χ4v) is 4.70. The molecule has 7 nitrogen and oxygen atoms in total. The first-order valence-electron chi connectivity index (χ1n) is 10.6. The number of halogens is 1. The summed E-state index contributed by atoms with van der Waals surface area (Å²) in [6, 6.07) is 16.2. The van der Waals surface area contributed by atoms with Crippen molar-refractivity contribution in [2.75, 3.05) is 24.8 Å². The van der Waals surface area contributed by atoms with Gasteiger partial charge in [-0.25, -0.2) is 4.79 Å². The van der Waals surface area contributed by atoms with Gasteiger partial charge in [0.25, 0.3) is 0 Å². The van der Waals surface area contributed by atoms with Gasteiger partial charge < -0.3 is 20.1 Å². The van der Waals surface area contributed by atoms with Gasteiger partial charge in [-0.15, -0.1) is 0 Å². The highest BCUT2D eigenvalue weighted by Crippen LogP contribution is 2.43. The van der Waals surface area contributed by atoms with Crippen molar-refractivity contribution in [3.63, 3.8) is 0 Å². The van der Waals surface area contributed by atoms with Crippen LogP contribution in [-0.4, -0.2) is 31.3 Å². The third-order valence-corrected chi connectivity index (χ3v) is 6.48. The van der Waals surface area contributed by atoms with Gasteiger partial charge in [0, 0.05) is 22.5 Å². The van der Waals surface area contributed by atoms with Crippen molar-refractivity contribution in [3.8, 4) is 11.8 Å². The van der Waals surface area contributed by atoms with Crippen molar-refractivity contribution >= 4 is 40.9 Å². The van der Waals surface area contributed by atoms with Gasteiger partial charge in [0.2, 0.25) is 5.91 Å². The Kier molecular flexibility index (Phi) is 9.01. The van der Waals surface area contributed by atoms with Crippen LogP contribution in [0.5, 0.6) is 5.75 Å². The molecule has 0 unspecified atom stereocenters. The van der Waals surface area contributed by atoms with Gasteiger partial charge in [0.15, 0.2) is 0 Å². The summed E-state index contributed by atoms with van der Waals surface area (Å²) >= 11 is 7.63. The zero-order valence-corrected chi connectivity index (χ0v) is 20.8. The molecule has 35 heavy (non-hydrogen) atoms. The first-order valence-corrected chi connectivity index (χ1v) is 12.0. The molecule has 9 heteroatoms. The second-order valence-electron chi connectivity index (χ2n) is 7.43. The minimum atomic E-state index is -0.754. The Morgan fingerprint density at radius 3 is 2.74 bits per heavy atom. The van der Waals surface area contributed by atoms with Crippen LogP contribution < -0.4 is 15.4 Å². The summed E-state index contributed by atoms with van der Waals surface area (Å²) in [6.45, 7) is 5.32. The Morgan fingerprint density at radius 2 is 2.06 bits per heavy atom. The highest BCUT2D eigenvalue weighted by molar-refractivity contribution is 8.03. The highest BCUT2D eigenvalue weighted by atomic mass is 35.5. The third kappa shape index (κ3) is 6.27. The molecule has 1 aliphatic heterocycles. The maximum absolute atomic E-state index is 12.9. The van der Waals surface area contributed by atoms with Crippen LogP contribution in [0.15, 0.2) is 83.1 Å². The van der Waals surface area contributed by atoms with Crippen LogP contribution >= 0.6 is 23.4 Å². The SMILES string of the molecule is C=CCOC(=O)C1=C(C)NC(SCC(=O)Nc2cccc(OC)c2)=C(C#N)[C@@H]1c1ccccc1Cl. The molecule has 0 aromatic heterocycles. The molecule has 180 valence electrons. The largest absolute Gasteiger partial charge is 0.497 e. The molecule has 0 aliphatic carbocycles. The highest BCUT2D eigenvalue weighted by Gasteiger charge is 2.36. The summed E-state index contributed by atoms with van der Waals surface area (Å²) in [5, 5.41) is 16.9. The van der Waals surface area contributed by atoms with Crippen molar-refractivity contribution < 1.29 is 19.1 Å². The molecule has 0 spiro atoms. The lowest BCUT2D eigenvalue weighted by atomic mass is 9.82. The topological polar surface area (TPSA) is 100 Å². The molecule has 1 aliphatic rings. The summed E-state index contributed by atoms with van der Waals surface area (Å²) in [4.78, 5) is 25.5. The van der Waals surface area contributed by atoms with E-state index in [1.807, 2.05) is 0 Å². The number of anilines is 1. The van der Waals surface area contributed by atoms with E-state index in [2.05, 4.69) is 23.3 Å². The van der Waals surface area contributed by atoms with Gasteiger partial charge >= 0.3 is 5.97 Å². The van der Waals surface area contributed by atoms with Crippen molar-refractivity contribution in [2.45, 2.75) is 12.8 Å². The number of benzene rings is 2. The van der Waals surface area contributed by atoms with Gasteiger partial charge in [0.05, 0.1) is 41.0 Å². The second kappa shape index (κ2) is 12.2. The van der Waals surface area contributed by atoms with Crippen LogP contribution in [0, 0.1) is 11.3 Å². The molecular formula is C26H24ClN3O4S. The third-order valence-electron chi connectivity index (χ3n) is 5.12. The van der Waals surface area contributed by atoms with E-state index in [1.54, 1.807) is 62.6 Å². The number of hydrogen-bond donors (Lipinski definition) is 2. The van der Waals surface area contributed by atoms with Gasteiger partial charge in [-0.05, 0) is 30.7 Å². The minimum Gasteiger partial charge on any atom is -0.497 e. The first-order chi connectivity index (χ1) is 16.9. The lowest BCUT2D eigenvalue weighted by Crippen LogP contribution is -2.29. The van der Waals surface area contributed by atoms with E-state index < -0.39 is 11.9 Å². The Morgan fingerprint density at radius 1 is 1.29 bits per heavy atom. The Balaban J connectivity index is 1.90. The molecule has 0 radical (unpaired) electrons. The molecule has 3 rings (SSSR count). The van der Waals surface area contributed by atoms with E-state index in [9.17, 15) is 14.9 Å². The molecule has 0 fully saturated rings. The molecular weight excluding hydrogens is 486 g/mol. The first kappa shape index (κ1) is 25.9. The molecule has 1 atom stereocenters. The van der Waals surface area contributed by atoms with Crippen LogP contribution in [0.25, 0.3) is 0 Å². The number of nitrogens with zero attached hydrogens (tertiary/aromatic N) is 1. The zero-order valence-electron chi connectivity index (χ0n) is 19.3. The normalized spacial score (nSPS) is 15.1. The van der Waals surface area contributed by atoms with Crippen LogP contribution in [0.1, 0.15) is 18.4 Å². The van der Waals surface area contributed by atoms with E-state index in [4.69, 9.17) is 21.1 Å². The maximum Gasteiger partial charge on any atom is 0.337 e. The predicted octanol–water partition coefficient (Wildman–Crippen LogP) is 5.15. The van der Waals surface area contributed by atoms with Crippen molar-refractivity contribution in [2.24, 2.45) is 0 Å². The number of esters is 1. The molecule has 2 aromatic carbocycles. The monoisotopic (exact) mass is 509 g/mol. The smallest absolute Gasteiger partial charge is 0.337 e. The molecule has 0 bridgehead atoms. The summed E-state index contributed by atoms with van der Waals surface area (Å²) in [5.41, 5.74) is 2.25. The molecule has 2 aromatic rings. The van der Waals surface area contributed by atoms with Crippen molar-refractivity contribution in [3.05, 3.63) is 93.6 Å². The fraction of sp³-hybridized carbons (Fsp3) is 0.192. The van der Waals surface area contributed by atoms with Crippen LogP contribution in [0.4, 0.5) is 5.69 Å². The van der Waals surface area contributed by atoms with Crippen molar-refractivity contribution in [1.29, 1.82) is 5.26 Å². The zero-order chi connectivity index (χ0) is 25.4. The summed E-state index contributed by atoms with van der Waals surface area (Å²) in [5.74, 6) is -0.938. The summed E-state index contributed by atoms with van der Waals surface area (Å²) in [6.07, 6.45) is 1.47. The number of methoxy groups -OCH3 is 1. The quantitative estimate of drug-likeness (QED) is 0.356. The van der Waals surface area contributed by atoms with Gasteiger partial charge in [-0.3, -0.25) is 4.79 Å². The number of hydrogen-bond acceptors (Lipinski definition) is 7. The molecule has 0 saturated carbocycles. The average Bonchev–Trinajstić information content (AvgIpc) is 2.86. The van der Waals surface area contributed by atoms with Gasteiger partial charge in [0.1, 0.15) is 12.4 Å². The number of nitriles is 1. The van der Waals surface area contributed by atoms with E-state index in [0.717, 1.165) is 11.8 Å². The predicted molar refractivity (Wildman–Crippen MR) is 138 cm³/mol. The van der Waals surface area contributed by atoms with Crippen LogP contribution in [-0.2, 0) is 14.3 Å². The number of carbonyl (C=O) groups excluding carboxylic acids is 2.